The molecule has 0 N–H and O–H groups in total. The molecule has 1 heterocycles. The summed E-state index contributed by atoms with van der Waals surface area (Å²) in [5, 5.41) is 0. The van der Waals surface area contributed by atoms with E-state index in [1.165, 1.54) is 17.7 Å². The number of likely N-dealkylation sites (tertiary alicyclic amines) is 1. The van der Waals surface area contributed by atoms with Gasteiger partial charge in [-0.05, 0) is 45.1 Å². The lowest BCUT2D eigenvalue weighted by Gasteiger charge is -2.18. The van der Waals surface area contributed by atoms with Crippen LogP contribution in [-0.2, 0) is 17.5 Å². The molecule has 1 saturated carbocycles. The van der Waals surface area contributed by atoms with Crippen LogP contribution in [0, 0.1) is 11.8 Å². The third-order valence-electron chi connectivity index (χ3n) is 4.69. The van der Waals surface area contributed by atoms with E-state index in [4.69, 9.17) is 0 Å². The Morgan fingerprint density at radius 3 is 2.64 bits per heavy atom. The third kappa shape index (κ3) is 3.49. The maximum absolute atomic E-state index is 12.3. The van der Waals surface area contributed by atoms with Crippen molar-refractivity contribution in [3.05, 3.63) is 35.9 Å². The van der Waals surface area contributed by atoms with Gasteiger partial charge in [-0.3, -0.25) is 4.90 Å². The zero-order valence-corrected chi connectivity index (χ0v) is 14.6. The summed E-state index contributed by atoms with van der Waals surface area (Å²) in [5.74, 6) is 1.23. The normalized spacial score (nSPS) is 29.0. The van der Waals surface area contributed by atoms with Crippen LogP contribution < -0.4 is 0 Å². The standard InChI is InChI=1S/C18H26N2OS/c1-18(2,3)22(21)19-17-10-9-15-12-20(13-16(15)17)11-14-7-5-4-6-8-14/h4-8,15-16H,9-13H2,1-3H3/t15-,16+,22+/m0/s1. The molecule has 3 rings (SSSR count). The van der Waals surface area contributed by atoms with Gasteiger partial charge >= 0.3 is 0 Å². The highest BCUT2D eigenvalue weighted by atomic mass is 32.2. The van der Waals surface area contributed by atoms with Gasteiger partial charge in [-0.1, -0.05) is 30.3 Å². The summed E-state index contributed by atoms with van der Waals surface area (Å²) in [6, 6.07) is 10.7. The van der Waals surface area contributed by atoms with Gasteiger partial charge in [0.05, 0.1) is 4.75 Å². The predicted octanol–water partition coefficient (Wildman–Crippen LogP) is 3.43. The fourth-order valence-electron chi connectivity index (χ4n) is 3.48. The van der Waals surface area contributed by atoms with Gasteiger partial charge in [0.25, 0.3) is 0 Å². The van der Waals surface area contributed by atoms with Gasteiger partial charge in [0.2, 0.25) is 0 Å². The molecule has 0 spiro atoms. The van der Waals surface area contributed by atoms with Crippen LogP contribution in [0.15, 0.2) is 34.7 Å². The van der Waals surface area contributed by atoms with Crippen molar-refractivity contribution in [3.63, 3.8) is 0 Å². The van der Waals surface area contributed by atoms with Crippen LogP contribution in [0.2, 0.25) is 0 Å². The van der Waals surface area contributed by atoms with Crippen molar-refractivity contribution in [2.75, 3.05) is 13.1 Å². The predicted molar refractivity (Wildman–Crippen MR) is 93.3 cm³/mol. The molecule has 1 aliphatic carbocycles. The minimum Gasteiger partial charge on any atom is -0.298 e. The summed E-state index contributed by atoms with van der Waals surface area (Å²) < 4.78 is 16.6. The minimum atomic E-state index is -1.12. The first-order chi connectivity index (χ1) is 10.4. The molecule has 3 nitrogen and oxygen atoms in total. The lowest BCUT2D eigenvalue weighted by Crippen LogP contribution is -2.25. The van der Waals surface area contributed by atoms with Gasteiger partial charge in [-0.15, -0.1) is 0 Å². The highest BCUT2D eigenvalue weighted by Gasteiger charge is 2.40. The van der Waals surface area contributed by atoms with Crippen LogP contribution >= 0.6 is 0 Å². The average molecular weight is 318 g/mol. The second kappa shape index (κ2) is 6.25. The Labute approximate surface area is 136 Å². The fraction of sp³-hybridized carbons (Fsp3) is 0.611. The summed E-state index contributed by atoms with van der Waals surface area (Å²) in [6.45, 7) is 9.23. The smallest absolute Gasteiger partial charge is 0.144 e. The Balaban J connectivity index is 1.66. The number of hydrogen-bond acceptors (Lipinski definition) is 2. The second-order valence-corrected chi connectivity index (χ2v) is 9.43. The monoisotopic (exact) mass is 318 g/mol. The number of rotatable bonds is 3. The van der Waals surface area contributed by atoms with Crippen molar-refractivity contribution in [1.82, 2.24) is 4.90 Å². The van der Waals surface area contributed by atoms with Crippen LogP contribution in [0.1, 0.15) is 39.2 Å². The van der Waals surface area contributed by atoms with E-state index >= 15 is 0 Å². The first kappa shape index (κ1) is 15.9. The van der Waals surface area contributed by atoms with Gasteiger partial charge in [0.15, 0.2) is 0 Å². The Kier molecular flexibility index (Phi) is 4.51. The van der Waals surface area contributed by atoms with Gasteiger partial charge in [-0.25, -0.2) is 4.21 Å². The third-order valence-corrected chi connectivity index (χ3v) is 6.14. The molecule has 0 unspecified atom stereocenters. The molecule has 120 valence electrons. The van der Waals surface area contributed by atoms with E-state index in [1.807, 2.05) is 20.8 Å². The van der Waals surface area contributed by atoms with E-state index in [0.717, 1.165) is 26.1 Å². The highest BCUT2D eigenvalue weighted by molar-refractivity contribution is 7.85. The zero-order valence-electron chi connectivity index (χ0n) is 13.8. The topological polar surface area (TPSA) is 32.7 Å². The van der Waals surface area contributed by atoms with Crippen molar-refractivity contribution in [1.29, 1.82) is 0 Å². The van der Waals surface area contributed by atoms with Gasteiger partial charge in [0, 0.05) is 31.3 Å². The molecule has 1 aliphatic heterocycles. The number of nitrogens with zero attached hydrogens (tertiary/aromatic N) is 2. The highest BCUT2D eigenvalue weighted by Crippen LogP contribution is 2.37. The summed E-state index contributed by atoms with van der Waals surface area (Å²) in [5.41, 5.74) is 2.58. The summed E-state index contributed by atoms with van der Waals surface area (Å²) in [7, 11) is -1.12. The molecular weight excluding hydrogens is 292 g/mol. The molecule has 3 atom stereocenters. The van der Waals surface area contributed by atoms with Crippen LogP contribution in [0.3, 0.4) is 0 Å². The Morgan fingerprint density at radius 2 is 1.95 bits per heavy atom. The molecule has 0 amide bonds. The molecule has 22 heavy (non-hydrogen) atoms. The minimum absolute atomic E-state index is 0.257. The lowest BCUT2D eigenvalue weighted by molar-refractivity contribution is 0.312. The van der Waals surface area contributed by atoms with Gasteiger partial charge in [0.1, 0.15) is 11.0 Å². The molecule has 0 radical (unpaired) electrons. The molecule has 0 bridgehead atoms. The molecule has 4 heteroatoms. The van der Waals surface area contributed by atoms with Crippen molar-refractivity contribution in [2.45, 2.75) is 44.9 Å². The molecule has 1 saturated heterocycles. The number of hydrogen-bond donors (Lipinski definition) is 0. The summed E-state index contributed by atoms with van der Waals surface area (Å²) in [4.78, 5) is 2.53. The molecular formula is C18H26N2OS. The quantitative estimate of drug-likeness (QED) is 0.855. The Morgan fingerprint density at radius 1 is 1.23 bits per heavy atom. The lowest BCUT2D eigenvalue weighted by atomic mass is 10.00. The number of fused-ring (bicyclic) bond motifs is 1. The molecule has 2 aliphatic rings. The molecule has 0 aromatic heterocycles. The largest absolute Gasteiger partial charge is 0.298 e. The van der Waals surface area contributed by atoms with Crippen LogP contribution in [-0.4, -0.2) is 32.7 Å². The van der Waals surface area contributed by atoms with Gasteiger partial charge in [-0.2, -0.15) is 4.40 Å². The van der Waals surface area contributed by atoms with E-state index in [2.05, 4.69) is 39.6 Å². The fourth-order valence-corrected chi connectivity index (χ4v) is 4.19. The SMILES string of the molecule is CC(C)(C)[S@@](=O)N=C1CC[C@H]2CN(Cc3ccccc3)C[C@@H]12. The van der Waals surface area contributed by atoms with E-state index in [0.29, 0.717) is 11.8 Å². The Hall–Kier alpha value is -1.00. The maximum Gasteiger partial charge on any atom is 0.144 e. The van der Waals surface area contributed by atoms with Crippen molar-refractivity contribution < 1.29 is 4.21 Å². The Bertz CT molecular complexity index is 576. The average Bonchev–Trinajstić information content (AvgIpc) is 3.00. The first-order valence-corrected chi connectivity index (χ1v) is 9.30. The van der Waals surface area contributed by atoms with Crippen molar-refractivity contribution in [3.8, 4) is 0 Å². The van der Waals surface area contributed by atoms with E-state index in [1.54, 1.807) is 0 Å². The van der Waals surface area contributed by atoms with E-state index < -0.39 is 11.0 Å². The van der Waals surface area contributed by atoms with E-state index in [9.17, 15) is 4.21 Å². The van der Waals surface area contributed by atoms with Crippen molar-refractivity contribution >= 4 is 16.7 Å². The van der Waals surface area contributed by atoms with Crippen molar-refractivity contribution in [2.24, 2.45) is 16.2 Å². The summed E-state index contributed by atoms with van der Waals surface area (Å²) >= 11 is 0. The van der Waals surface area contributed by atoms with Gasteiger partial charge < -0.3 is 0 Å². The zero-order chi connectivity index (χ0) is 15.7. The molecule has 1 aromatic rings. The molecule has 1 aromatic carbocycles. The van der Waals surface area contributed by atoms with Crippen LogP contribution in [0.4, 0.5) is 0 Å². The van der Waals surface area contributed by atoms with E-state index in [-0.39, 0.29) is 4.75 Å². The maximum atomic E-state index is 12.3. The second-order valence-electron chi connectivity index (χ2n) is 7.53. The number of benzene rings is 1. The molecule has 2 fully saturated rings. The van der Waals surface area contributed by atoms with Crippen LogP contribution in [0.5, 0.6) is 0 Å². The van der Waals surface area contributed by atoms with Crippen LogP contribution in [0.25, 0.3) is 0 Å². The summed E-state index contributed by atoms with van der Waals surface area (Å²) in [6.07, 6.45) is 2.24. The first-order valence-electron chi connectivity index (χ1n) is 8.19.